The van der Waals surface area contributed by atoms with Crippen molar-refractivity contribution in [2.45, 2.75) is 0 Å². The minimum atomic E-state index is -0.681. The van der Waals surface area contributed by atoms with Gasteiger partial charge in [0, 0.05) is 14.1 Å². The first-order valence-electron chi connectivity index (χ1n) is 4.30. The van der Waals surface area contributed by atoms with E-state index in [-0.39, 0.29) is 16.4 Å². The average Bonchev–Trinajstić information content (AvgIpc) is 2.43. The molecule has 2 rings (SSSR count). The second-order valence-electron chi connectivity index (χ2n) is 3.29. The molecule has 0 spiro atoms. The molecule has 0 N–H and O–H groups in total. The number of aromatic nitrogens is 3. The molecule has 0 unspecified atom stereocenters. The Morgan fingerprint density at radius 1 is 1.44 bits per heavy atom. The Bertz CT molecular complexity index is 657. The summed E-state index contributed by atoms with van der Waals surface area (Å²) >= 11 is 5.70. The molecule has 0 amide bonds. The summed E-state index contributed by atoms with van der Waals surface area (Å²) in [5.74, 6) is -0.449. The van der Waals surface area contributed by atoms with Gasteiger partial charge in [0.25, 0.3) is 5.65 Å². The number of fused-ring (bicyclic) bond motifs is 1. The largest absolute Gasteiger partial charge is 0.384 e. The highest BCUT2D eigenvalue weighted by atomic mass is 35.5. The predicted molar refractivity (Wildman–Crippen MR) is 57.6 cm³/mol. The summed E-state index contributed by atoms with van der Waals surface area (Å²) < 4.78 is 2.57. The van der Waals surface area contributed by atoms with Gasteiger partial charge >= 0.3 is 11.5 Å². The highest BCUT2D eigenvalue weighted by Crippen LogP contribution is 2.25. The number of pyridine rings is 1. The van der Waals surface area contributed by atoms with Crippen molar-refractivity contribution in [3.63, 3.8) is 0 Å². The van der Waals surface area contributed by atoms with E-state index in [0.717, 1.165) is 0 Å². The molecule has 0 saturated heterocycles. The molecule has 16 heavy (non-hydrogen) atoms. The molecular formula is C8H7ClN4O3. The van der Waals surface area contributed by atoms with Crippen molar-refractivity contribution in [1.82, 2.24) is 14.1 Å². The van der Waals surface area contributed by atoms with E-state index in [0.29, 0.717) is 5.52 Å². The topological polar surface area (TPSA) is 83.0 Å². The number of hydrogen-bond donors (Lipinski definition) is 0. The van der Waals surface area contributed by atoms with Gasteiger partial charge in [-0.05, 0) is 16.0 Å². The fraction of sp³-hybridized carbons (Fsp3) is 0.250. The molecule has 8 heteroatoms. The number of nitro groups is 1. The molecule has 0 atom stereocenters. The molecule has 0 aliphatic carbocycles. The zero-order chi connectivity index (χ0) is 12.0. The highest BCUT2D eigenvalue weighted by molar-refractivity contribution is 6.33. The van der Waals surface area contributed by atoms with Crippen molar-refractivity contribution in [3.05, 3.63) is 31.7 Å². The number of halogens is 1. The lowest BCUT2D eigenvalue weighted by Crippen LogP contribution is -2.19. The Balaban J connectivity index is 2.96. The van der Waals surface area contributed by atoms with E-state index in [4.69, 9.17) is 11.6 Å². The molecule has 0 aliphatic heterocycles. The lowest BCUT2D eigenvalue weighted by molar-refractivity contribution is -0.389. The van der Waals surface area contributed by atoms with Crippen LogP contribution in [0.25, 0.3) is 11.2 Å². The van der Waals surface area contributed by atoms with Gasteiger partial charge in [-0.2, -0.15) is 0 Å². The lowest BCUT2D eigenvalue weighted by Gasteiger charge is -1.95. The van der Waals surface area contributed by atoms with Crippen LogP contribution in [0.15, 0.2) is 10.9 Å². The monoisotopic (exact) mass is 242 g/mol. The fourth-order valence-electron chi connectivity index (χ4n) is 1.50. The molecular weight excluding hydrogens is 236 g/mol. The smallest absolute Gasteiger partial charge is 0.358 e. The summed E-state index contributed by atoms with van der Waals surface area (Å²) in [6.07, 6.45) is 0. The summed E-state index contributed by atoms with van der Waals surface area (Å²) in [7, 11) is 3.05. The van der Waals surface area contributed by atoms with Crippen molar-refractivity contribution >= 4 is 28.6 Å². The van der Waals surface area contributed by atoms with Crippen molar-refractivity contribution in [1.29, 1.82) is 0 Å². The Labute approximate surface area is 94.0 Å². The third-order valence-electron chi connectivity index (χ3n) is 2.34. The minimum absolute atomic E-state index is 0.0845. The van der Waals surface area contributed by atoms with E-state index >= 15 is 0 Å². The predicted octanol–water partition coefficient (Wildman–Crippen LogP) is 0.834. The molecule has 2 aromatic rings. The number of rotatable bonds is 1. The van der Waals surface area contributed by atoms with Gasteiger partial charge in [-0.15, -0.1) is 0 Å². The summed E-state index contributed by atoms with van der Waals surface area (Å²) in [6.45, 7) is 0. The molecule has 0 saturated carbocycles. The molecule has 0 aliphatic rings. The number of aryl methyl sites for hydroxylation is 2. The Kier molecular flexibility index (Phi) is 2.20. The van der Waals surface area contributed by atoms with Crippen LogP contribution in [0.4, 0.5) is 5.82 Å². The van der Waals surface area contributed by atoms with Gasteiger partial charge in [-0.25, -0.2) is 4.79 Å². The maximum absolute atomic E-state index is 11.6. The zero-order valence-corrected chi connectivity index (χ0v) is 9.22. The zero-order valence-electron chi connectivity index (χ0n) is 8.47. The van der Waals surface area contributed by atoms with Gasteiger partial charge < -0.3 is 10.1 Å². The van der Waals surface area contributed by atoms with E-state index in [2.05, 4.69) is 4.98 Å². The van der Waals surface area contributed by atoms with Crippen LogP contribution in [-0.4, -0.2) is 19.0 Å². The van der Waals surface area contributed by atoms with Gasteiger partial charge in [0.15, 0.2) is 0 Å². The van der Waals surface area contributed by atoms with Crippen LogP contribution in [0.5, 0.6) is 0 Å². The molecule has 0 fully saturated rings. The SMILES string of the molecule is Cn1c(=O)n(C)c2nc([N+](=O)[O-])c(Cl)cc21. The summed E-state index contributed by atoms with van der Waals surface area (Å²) in [5.41, 5.74) is 0.394. The molecule has 2 heterocycles. The first kappa shape index (κ1) is 10.6. The van der Waals surface area contributed by atoms with Crippen molar-refractivity contribution in [2.24, 2.45) is 14.1 Å². The van der Waals surface area contributed by atoms with Crippen LogP contribution in [-0.2, 0) is 14.1 Å². The molecule has 0 bridgehead atoms. The third-order valence-corrected chi connectivity index (χ3v) is 2.62. The summed E-state index contributed by atoms with van der Waals surface area (Å²) in [6, 6.07) is 1.36. The summed E-state index contributed by atoms with van der Waals surface area (Å²) in [5, 5.41) is 10.5. The van der Waals surface area contributed by atoms with Gasteiger partial charge in [-0.1, -0.05) is 11.6 Å². The van der Waals surface area contributed by atoms with E-state index in [1.165, 1.54) is 22.2 Å². The van der Waals surface area contributed by atoms with Crippen molar-refractivity contribution < 1.29 is 4.92 Å². The number of nitrogens with zero attached hydrogens (tertiary/aromatic N) is 4. The van der Waals surface area contributed by atoms with E-state index in [1.54, 1.807) is 7.05 Å². The second kappa shape index (κ2) is 3.31. The first-order valence-corrected chi connectivity index (χ1v) is 4.67. The molecule has 7 nitrogen and oxygen atoms in total. The van der Waals surface area contributed by atoms with Gasteiger partial charge in [0.05, 0.1) is 0 Å². The van der Waals surface area contributed by atoms with Gasteiger partial charge in [0.2, 0.25) is 0 Å². The lowest BCUT2D eigenvalue weighted by atomic mass is 10.4. The fourth-order valence-corrected chi connectivity index (χ4v) is 1.72. The van der Waals surface area contributed by atoms with Crippen LogP contribution >= 0.6 is 11.6 Å². The van der Waals surface area contributed by atoms with E-state index in [1.807, 2.05) is 0 Å². The average molecular weight is 243 g/mol. The third kappa shape index (κ3) is 1.28. The molecule has 0 radical (unpaired) electrons. The maximum Gasteiger partial charge on any atom is 0.384 e. The molecule has 2 aromatic heterocycles. The Hall–Kier alpha value is -1.89. The Morgan fingerprint density at radius 2 is 2.06 bits per heavy atom. The van der Waals surface area contributed by atoms with E-state index in [9.17, 15) is 14.9 Å². The quantitative estimate of drug-likeness (QED) is 0.548. The highest BCUT2D eigenvalue weighted by Gasteiger charge is 2.21. The first-order chi connectivity index (χ1) is 7.43. The van der Waals surface area contributed by atoms with Crippen LogP contribution in [0, 0.1) is 10.1 Å². The van der Waals surface area contributed by atoms with E-state index < -0.39 is 10.7 Å². The Morgan fingerprint density at radius 3 is 2.62 bits per heavy atom. The van der Waals surface area contributed by atoms with Crippen LogP contribution in [0.3, 0.4) is 0 Å². The van der Waals surface area contributed by atoms with Crippen molar-refractivity contribution in [2.75, 3.05) is 0 Å². The minimum Gasteiger partial charge on any atom is -0.358 e. The van der Waals surface area contributed by atoms with Gasteiger partial charge in [0.1, 0.15) is 10.5 Å². The number of imidazole rings is 1. The normalized spacial score (nSPS) is 10.9. The standard InChI is InChI=1S/C8H7ClN4O3/c1-11-5-3-4(9)6(13(15)16)10-7(5)12(2)8(11)14/h3H,1-2H3. The number of hydrogen-bond acceptors (Lipinski definition) is 4. The van der Waals surface area contributed by atoms with Gasteiger partial charge in [-0.3, -0.25) is 9.13 Å². The molecule has 0 aromatic carbocycles. The van der Waals surface area contributed by atoms with Crippen LogP contribution < -0.4 is 5.69 Å². The summed E-state index contributed by atoms with van der Waals surface area (Å²) in [4.78, 5) is 25.3. The molecule has 84 valence electrons. The maximum atomic E-state index is 11.6. The second-order valence-corrected chi connectivity index (χ2v) is 3.70. The van der Waals surface area contributed by atoms with Crippen LogP contribution in [0.1, 0.15) is 0 Å². The van der Waals surface area contributed by atoms with Crippen LogP contribution in [0.2, 0.25) is 5.02 Å². The van der Waals surface area contributed by atoms with Crippen molar-refractivity contribution in [3.8, 4) is 0 Å².